The summed E-state index contributed by atoms with van der Waals surface area (Å²) in [7, 11) is 0. The molecule has 0 bridgehead atoms. The van der Waals surface area contributed by atoms with Crippen molar-refractivity contribution in [3.05, 3.63) is 29.8 Å². The summed E-state index contributed by atoms with van der Waals surface area (Å²) in [6, 6.07) is 9.82. The van der Waals surface area contributed by atoms with Gasteiger partial charge in [0, 0.05) is 0 Å². The fourth-order valence-corrected chi connectivity index (χ4v) is 2.94. The minimum atomic E-state index is -0.200. The van der Waals surface area contributed by atoms with Crippen molar-refractivity contribution in [1.82, 2.24) is 0 Å². The third kappa shape index (κ3) is 2.61. The molecule has 0 aromatic heterocycles. The van der Waals surface area contributed by atoms with Gasteiger partial charge in [-0.25, -0.2) is 0 Å². The van der Waals surface area contributed by atoms with Crippen LogP contribution in [0.15, 0.2) is 24.3 Å². The van der Waals surface area contributed by atoms with E-state index in [0.717, 1.165) is 24.8 Å². The molecule has 1 aliphatic rings. The van der Waals surface area contributed by atoms with Crippen molar-refractivity contribution in [1.29, 1.82) is 5.26 Å². The zero-order valence-corrected chi connectivity index (χ0v) is 10.3. The minimum Gasteiger partial charge on any atom is -0.508 e. The van der Waals surface area contributed by atoms with Crippen molar-refractivity contribution in [3.8, 4) is 11.8 Å². The molecule has 1 N–H and O–H groups in total. The van der Waals surface area contributed by atoms with Crippen molar-refractivity contribution >= 4 is 0 Å². The van der Waals surface area contributed by atoms with E-state index in [4.69, 9.17) is 0 Å². The molecule has 1 aromatic rings. The number of hydrogen-bond acceptors (Lipinski definition) is 2. The Hall–Kier alpha value is -1.49. The highest BCUT2D eigenvalue weighted by molar-refractivity contribution is 5.29. The molecule has 90 valence electrons. The van der Waals surface area contributed by atoms with Gasteiger partial charge in [0.05, 0.1) is 11.5 Å². The Labute approximate surface area is 103 Å². The molecule has 1 aliphatic carbocycles. The summed E-state index contributed by atoms with van der Waals surface area (Å²) < 4.78 is 0. The van der Waals surface area contributed by atoms with E-state index < -0.39 is 0 Å². The summed E-state index contributed by atoms with van der Waals surface area (Å²) in [5.74, 6) is 0.993. The summed E-state index contributed by atoms with van der Waals surface area (Å²) in [6.07, 6.45) is 5.12. The SMILES string of the molecule is CCC1CCC(C#N)(Cc2cccc(O)c2)C1. The van der Waals surface area contributed by atoms with Crippen LogP contribution in [-0.2, 0) is 6.42 Å². The predicted octanol–water partition coefficient (Wildman–Crippen LogP) is 3.65. The number of aromatic hydroxyl groups is 1. The van der Waals surface area contributed by atoms with Gasteiger partial charge in [-0.15, -0.1) is 0 Å². The smallest absolute Gasteiger partial charge is 0.115 e. The van der Waals surface area contributed by atoms with Crippen molar-refractivity contribution < 1.29 is 5.11 Å². The third-order valence-corrected chi connectivity index (χ3v) is 3.98. The van der Waals surface area contributed by atoms with Gasteiger partial charge in [-0.1, -0.05) is 25.5 Å². The topological polar surface area (TPSA) is 44.0 Å². The number of hydrogen-bond donors (Lipinski definition) is 1. The molecule has 0 saturated heterocycles. The highest BCUT2D eigenvalue weighted by Gasteiger charge is 2.38. The molecule has 0 spiro atoms. The number of phenols is 1. The van der Waals surface area contributed by atoms with E-state index in [1.54, 1.807) is 12.1 Å². The van der Waals surface area contributed by atoms with Crippen molar-refractivity contribution in [2.45, 2.75) is 39.0 Å². The fourth-order valence-electron chi connectivity index (χ4n) is 2.94. The van der Waals surface area contributed by atoms with Crippen molar-refractivity contribution in [3.63, 3.8) is 0 Å². The van der Waals surface area contributed by atoms with Gasteiger partial charge in [0.15, 0.2) is 0 Å². The van der Waals surface area contributed by atoms with Crippen molar-refractivity contribution in [2.75, 3.05) is 0 Å². The van der Waals surface area contributed by atoms with E-state index in [2.05, 4.69) is 13.0 Å². The van der Waals surface area contributed by atoms with Gasteiger partial charge >= 0.3 is 0 Å². The van der Waals surface area contributed by atoms with E-state index in [9.17, 15) is 10.4 Å². The van der Waals surface area contributed by atoms with Gasteiger partial charge in [0.2, 0.25) is 0 Å². The molecule has 17 heavy (non-hydrogen) atoms. The van der Waals surface area contributed by atoms with Crippen LogP contribution in [0.2, 0.25) is 0 Å². The van der Waals surface area contributed by atoms with Crippen LogP contribution in [0.1, 0.15) is 38.2 Å². The fraction of sp³-hybridized carbons (Fsp3) is 0.533. The van der Waals surface area contributed by atoms with E-state index in [1.807, 2.05) is 12.1 Å². The Morgan fingerprint density at radius 2 is 2.35 bits per heavy atom. The van der Waals surface area contributed by atoms with Crippen LogP contribution in [0, 0.1) is 22.7 Å². The summed E-state index contributed by atoms with van der Waals surface area (Å²) in [5, 5.41) is 18.9. The summed E-state index contributed by atoms with van der Waals surface area (Å²) in [6.45, 7) is 2.20. The van der Waals surface area contributed by atoms with Crippen LogP contribution in [-0.4, -0.2) is 5.11 Å². The highest BCUT2D eigenvalue weighted by atomic mass is 16.3. The Morgan fingerprint density at radius 1 is 1.53 bits per heavy atom. The number of phenolic OH excluding ortho intramolecular Hbond substituents is 1. The Balaban J connectivity index is 2.14. The number of benzene rings is 1. The van der Waals surface area contributed by atoms with E-state index >= 15 is 0 Å². The summed E-state index contributed by atoms with van der Waals surface area (Å²) in [4.78, 5) is 0. The first-order chi connectivity index (χ1) is 8.17. The molecule has 2 rings (SSSR count). The van der Waals surface area contributed by atoms with Crippen LogP contribution in [0.3, 0.4) is 0 Å². The second-order valence-electron chi connectivity index (χ2n) is 5.26. The van der Waals surface area contributed by atoms with Gasteiger partial charge in [-0.05, 0) is 49.3 Å². The first-order valence-corrected chi connectivity index (χ1v) is 6.36. The number of nitrogens with zero attached hydrogens (tertiary/aromatic N) is 1. The van der Waals surface area contributed by atoms with Crippen LogP contribution >= 0.6 is 0 Å². The lowest BCUT2D eigenvalue weighted by atomic mass is 9.80. The lowest BCUT2D eigenvalue weighted by molar-refractivity contribution is 0.380. The second-order valence-corrected chi connectivity index (χ2v) is 5.26. The molecule has 2 atom stereocenters. The van der Waals surface area contributed by atoms with Gasteiger partial charge in [-0.2, -0.15) is 5.26 Å². The van der Waals surface area contributed by atoms with Crippen LogP contribution in [0.25, 0.3) is 0 Å². The number of nitriles is 1. The lowest BCUT2D eigenvalue weighted by Gasteiger charge is -2.21. The van der Waals surface area contributed by atoms with Gasteiger partial charge in [0.1, 0.15) is 5.75 Å². The molecule has 0 amide bonds. The maximum atomic E-state index is 9.46. The quantitative estimate of drug-likeness (QED) is 0.859. The molecule has 0 radical (unpaired) electrons. The van der Waals surface area contributed by atoms with Crippen LogP contribution < -0.4 is 0 Å². The van der Waals surface area contributed by atoms with Gasteiger partial charge in [0.25, 0.3) is 0 Å². The Kier molecular flexibility index (Phi) is 3.38. The van der Waals surface area contributed by atoms with Gasteiger partial charge < -0.3 is 5.11 Å². The maximum Gasteiger partial charge on any atom is 0.115 e. The molecule has 2 nitrogen and oxygen atoms in total. The second kappa shape index (κ2) is 4.79. The van der Waals surface area contributed by atoms with E-state index in [-0.39, 0.29) is 5.41 Å². The molecule has 1 fully saturated rings. The zero-order chi connectivity index (χ0) is 12.3. The monoisotopic (exact) mass is 229 g/mol. The molecular weight excluding hydrogens is 210 g/mol. The molecule has 0 aliphatic heterocycles. The first-order valence-electron chi connectivity index (χ1n) is 6.36. The van der Waals surface area contributed by atoms with Crippen molar-refractivity contribution in [2.24, 2.45) is 11.3 Å². The minimum absolute atomic E-state index is 0.200. The first kappa shape index (κ1) is 12.0. The molecule has 0 heterocycles. The molecular formula is C15H19NO. The predicted molar refractivity (Wildman–Crippen MR) is 67.5 cm³/mol. The Bertz CT molecular complexity index is 435. The number of rotatable bonds is 3. The van der Waals surface area contributed by atoms with E-state index in [1.165, 1.54) is 12.8 Å². The summed E-state index contributed by atoms with van der Waals surface area (Å²) in [5.41, 5.74) is 0.873. The maximum absolute atomic E-state index is 9.46. The third-order valence-electron chi connectivity index (χ3n) is 3.98. The lowest BCUT2D eigenvalue weighted by Crippen LogP contribution is -2.17. The zero-order valence-electron chi connectivity index (χ0n) is 10.3. The average Bonchev–Trinajstić information content (AvgIpc) is 2.73. The van der Waals surface area contributed by atoms with Crippen LogP contribution in [0.5, 0.6) is 5.75 Å². The standard InChI is InChI=1S/C15H19NO/c1-2-12-6-7-15(9-12,11-16)10-13-4-3-5-14(17)8-13/h3-5,8,12,17H,2,6-7,9-10H2,1H3. The van der Waals surface area contributed by atoms with Gasteiger partial charge in [-0.3, -0.25) is 0 Å². The highest BCUT2D eigenvalue weighted by Crippen LogP contribution is 2.45. The summed E-state index contributed by atoms with van der Waals surface area (Å²) >= 11 is 0. The largest absolute Gasteiger partial charge is 0.508 e. The Morgan fingerprint density at radius 3 is 2.94 bits per heavy atom. The molecule has 1 aromatic carbocycles. The van der Waals surface area contributed by atoms with Crippen LogP contribution in [0.4, 0.5) is 0 Å². The van der Waals surface area contributed by atoms with E-state index in [0.29, 0.717) is 11.7 Å². The average molecular weight is 229 g/mol. The molecule has 2 unspecified atom stereocenters. The molecule has 1 saturated carbocycles. The normalized spacial score (nSPS) is 27.9. The molecule has 2 heteroatoms.